The van der Waals surface area contributed by atoms with Crippen molar-refractivity contribution < 1.29 is 10.0 Å². The first-order valence-electron chi connectivity index (χ1n) is 4.59. The molecule has 1 N–H and O–H groups in total. The van der Waals surface area contributed by atoms with Gasteiger partial charge in [0.05, 0.1) is 0 Å². The lowest BCUT2D eigenvalue weighted by molar-refractivity contribution is -0.111. The van der Waals surface area contributed by atoms with Gasteiger partial charge in [-0.05, 0) is 13.1 Å². The van der Waals surface area contributed by atoms with E-state index in [0.29, 0.717) is 6.42 Å². The molecule has 0 aliphatic heterocycles. The minimum atomic E-state index is -0.158. The number of rotatable bonds is 6. The minimum Gasteiger partial charge on any atom is -0.411 e. The SMILES string of the molecule is CCN(CC)CC/C(=N/O)C(C)=O. The molecule has 0 amide bonds. The van der Waals surface area contributed by atoms with Crippen LogP contribution in [0.4, 0.5) is 0 Å². The van der Waals surface area contributed by atoms with E-state index in [1.54, 1.807) is 0 Å². The molecule has 0 saturated heterocycles. The van der Waals surface area contributed by atoms with Crippen LogP contribution in [0, 0.1) is 0 Å². The molecule has 76 valence electrons. The molecular formula is C9H18N2O2. The van der Waals surface area contributed by atoms with Crippen LogP contribution in [0.5, 0.6) is 0 Å². The van der Waals surface area contributed by atoms with Crippen molar-refractivity contribution in [1.82, 2.24) is 4.90 Å². The van der Waals surface area contributed by atoms with Crippen molar-refractivity contribution in [3.05, 3.63) is 0 Å². The van der Waals surface area contributed by atoms with E-state index in [1.165, 1.54) is 6.92 Å². The molecule has 0 aromatic rings. The second-order valence-electron chi connectivity index (χ2n) is 2.88. The van der Waals surface area contributed by atoms with E-state index in [1.807, 2.05) is 0 Å². The maximum absolute atomic E-state index is 10.9. The van der Waals surface area contributed by atoms with Crippen LogP contribution in [0.1, 0.15) is 27.2 Å². The highest BCUT2D eigenvalue weighted by Gasteiger charge is 2.08. The summed E-state index contributed by atoms with van der Waals surface area (Å²) in [6.07, 6.45) is 0.521. The van der Waals surface area contributed by atoms with Gasteiger partial charge in [-0.1, -0.05) is 19.0 Å². The van der Waals surface area contributed by atoms with Crippen LogP contribution in [-0.2, 0) is 4.79 Å². The third kappa shape index (κ3) is 4.62. The molecule has 0 aromatic heterocycles. The van der Waals surface area contributed by atoms with E-state index in [4.69, 9.17) is 5.21 Å². The molecule has 0 aromatic carbocycles. The summed E-state index contributed by atoms with van der Waals surface area (Å²) in [5, 5.41) is 11.5. The summed E-state index contributed by atoms with van der Waals surface area (Å²) in [6.45, 7) is 8.21. The van der Waals surface area contributed by atoms with Crippen LogP contribution in [-0.4, -0.2) is 41.2 Å². The summed E-state index contributed by atoms with van der Waals surface area (Å²) in [5.41, 5.74) is 0.256. The van der Waals surface area contributed by atoms with Gasteiger partial charge in [0.1, 0.15) is 5.71 Å². The standard InChI is InChI=1S/C9H18N2O2/c1-4-11(5-2)7-6-9(10-13)8(3)12/h13H,4-7H2,1-3H3/b10-9-. The monoisotopic (exact) mass is 186 g/mol. The predicted octanol–water partition coefficient (Wildman–Crippen LogP) is 1.14. The van der Waals surface area contributed by atoms with Crippen LogP contribution >= 0.6 is 0 Å². The normalized spacial score (nSPS) is 12.2. The van der Waals surface area contributed by atoms with Crippen LogP contribution in [0.15, 0.2) is 5.16 Å². The van der Waals surface area contributed by atoms with Gasteiger partial charge in [-0.3, -0.25) is 4.79 Å². The van der Waals surface area contributed by atoms with Gasteiger partial charge in [-0.15, -0.1) is 0 Å². The summed E-state index contributed by atoms with van der Waals surface area (Å²) in [4.78, 5) is 13.0. The molecule has 0 heterocycles. The zero-order valence-electron chi connectivity index (χ0n) is 8.58. The molecule has 0 saturated carbocycles. The lowest BCUT2D eigenvalue weighted by Gasteiger charge is -2.17. The summed E-state index contributed by atoms with van der Waals surface area (Å²) >= 11 is 0. The van der Waals surface area contributed by atoms with Gasteiger partial charge < -0.3 is 10.1 Å². The number of hydrogen-bond donors (Lipinski definition) is 1. The van der Waals surface area contributed by atoms with Gasteiger partial charge in [-0.25, -0.2) is 0 Å². The smallest absolute Gasteiger partial charge is 0.177 e. The molecule has 0 fully saturated rings. The van der Waals surface area contributed by atoms with E-state index in [0.717, 1.165) is 19.6 Å². The van der Waals surface area contributed by atoms with E-state index >= 15 is 0 Å². The average molecular weight is 186 g/mol. The number of Topliss-reactive ketones (excluding diaryl/α,β-unsaturated/α-hetero) is 1. The summed E-state index contributed by atoms with van der Waals surface area (Å²) in [6, 6.07) is 0. The van der Waals surface area contributed by atoms with E-state index in [2.05, 4.69) is 23.9 Å². The van der Waals surface area contributed by atoms with E-state index in [9.17, 15) is 4.79 Å². The summed E-state index contributed by atoms with van der Waals surface area (Å²) in [5.74, 6) is -0.158. The number of carbonyl (C=O) groups excluding carboxylic acids is 1. The minimum absolute atomic E-state index is 0.158. The Balaban J connectivity index is 3.92. The molecule has 4 heteroatoms. The van der Waals surface area contributed by atoms with Gasteiger partial charge >= 0.3 is 0 Å². The fourth-order valence-electron chi connectivity index (χ4n) is 1.10. The van der Waals surface area contributed by atoms with Crippen molar-refractivity contribution in [3.8, 4) is 0 Å². The Morgan fingerprint density at radius 1 is 1.38 bits per heavy atom. The zero-order chi connectivity index (χ0) is 10.3. The van der Waals surface area contributed by atoms with Crippen molar-refractivity contribution in [2.45, 2.75) is 27.2 Å². The molecule has 0 bridgehead atoms. The Labute approximate surface area is 79.2 Å². The highest BCUT2D eigenvalue weighted by Crippen LogP contribution is 1.94. The molecular weight excluding hydrogens is 168 g/mol. The maximum atomic E-state index is 10.9. The van der Waals surface area contributed by atoms with Crippen LogP contribution in [0.25, 0.3) is 0 Å². The maximum Gasteiger partial charge on any atom is 0.177 e. The van der Waals surface area contributed by atoms with Crippen molar-refractivity contribution in [1.29, 1.82) is 0 Å². The first-order valence-corrected chi connectivity index (χ1v) is 4.59. The second kappa shape index (κ2) is 6.60. The summed E-state index contributed by atoms with van der Waals surface area (Å²) in [7, 11) is 0. The molecule has 0 rings (SSSR count). The Hall–Kier alpha value is -0.900. The fraction of sp³-hybridized carbons (Fsp3) is 0.778. The first kappa shape index (κ1) is 12.1. The van der Waals surface area contributed by atoms with Crippen LogP contribution in [0.3, 0.4) is 0 Å². The van der Waals surface area contributed by atoms with Crippen molar-refractivity contribution in [2.75, 3.05) is 19.6 Å². The topological polar surface area (TPSA) is 52.9 Å². The number of carbonyl (C=O) groups is 1. The Bertz CT molecular complexity index is 186. The summed E-state index contributed by atoms with van der Waals surface area (Å²) < 4.78 is 0. The highest BCUT2D eigenvalue weighted by atomic mass is 16.4. The average Bonchev–Trinajstić information content (AvgIpc) is 2.12. The zero-order valence-corrected chi connectivity index (χ0v) is 8.58. The first-order chi connectivity index (χ1) is 6.15. The number of hydrogen-bond acceptors (Lipinski definition) is 4. The second-order valence-corrected chi connectivity index (χ2v) is 2.88. The third-order valence-electron chi connectivity index (χ3n) is 2.09. The van der Waals surface area contributed by atoms with Gasteiger partial charge in [0, 0.05) is 19.9 Å². The molecule has 0 radical (unpaired) electrons. The Morgan fingerprint density at radius 2 is 1.92 bits per heavy atom. The van der Waals surface area contributed by atoms with Crippen LogP contribution in [0.2, 0.25) is 0 Å². The van der Waals surface area contributed by atoms with Crippen LogP contribution < -0.4 is 0 Å². The number of ketones is 1. The molecule has 13 heavy (non-hydrogen) atoms. The van der Waals surface area contributed by atoms with Gasteiger partial charge in [-0.2, -0.15) is 0 Å². The molecule has 0 aliphatic rings. The third-order valence-corrected chi connectivity index (χ3v) is 2.09. The molecule has 0 atom stereocenters. The van der Waals surface area contributed by atoms with Gasteiger partial charge in [0.2, 0.25) is 0 Å². The van der Waals surface area contributed by atoms with E-state index < -0.39 is 0 Å². The van der Waals surface area contributed by atoms with Crippen molar-refractivity contribution in [2.24, 2.45) is 5.16 Å². The lowest BCUT2D eigenvalue weighted by Crippen LogP contribution is -2.27. The number of nitrogens with zero attached hydrogens (tertiary/aromatic N) is 2. The predicted molar refractivity (Wildman–Crippen MR) is 52.3 cm³/mol. The molecule has 0 aliphatic carbocycles. The van der Waals surface area contributed by atoms with Crippen molar-refractivity contribution >= 4 is 11.5 Å². The van der Waals surface area contributed by atoms with Gasteiger partial charge in [0.15, 0.2) is 5.78 Å². The van der Waals surface area contributed by atoms with Crippen molar-refractivity contribution in [3.63, 3.8) is 0 Å². The quantitative estimate of drug-likeness (QED) is 0.384. The fourth-order valence-corrected chi connectivity index (χ4v) is 1.10. The molecule has 4 nitrogen and oxygen atoms in total. The number of oxime groups is 1. The largest absolute Gasteiger partial charge is 0.411 e. The highest BCUT2D eigenvalue weighted by molar-refractivity contribution is 6.38. The Kier molecular flexibility index (Phi) is 6.14. The molecule has 0 unspecified atom stereocenters. The van der Waals surface area contributed by atoms with E-state index in [-0.39, 0.29) is 11.5 Å². The Morgan fingerprint density at radius 3 is 2.23 bits per heavy atom. The van der Waals surface area contributed by atoms with Gasteiger partial charge in [0.25, 0.3) is 0 Å². The lowest BCUT2D eigenvalue weighted by atomic mass is 10.2. The molecule has 0 spiro atoms.